The molecule has 1 fully saturated rings. The summed E-state index contributed by atoms with van der Waals surface area (Å²) in [5.74, 6) is -16.0. The number of carbonyl (C=O) groups excluding carboxylic acids is 2. The minimum atomic E-state index is -6.56. The van der Waals surface area contributed by atoms with Crippen molar-refractivity contribution in [1.29, 1.82) is 0 Å². The molecule has 1 saturated carbocycles. The Balaban J connectivity index is 1.74. The van der Waals surface area contributed by atoms with Crippen molar-refractivity contribution >= 4 is 75.5 Å². The van der Waals surface area contributed by atoms with Crippen LogP contribution in [0.2, 0.25) is 15.1 Å². The van der Waals surface area contributed by atoms with E-state index in [0.29, 0.717) is 5.56 Å². The molecule has 0 radical (unpaired) electrons. The first-order valence-corrected chi connectivity index (χ1v) is 11.7. The maximum Gasteiger partial charge on any atom is 0.459 e. The normalized spacial score (nSPS) is 19.4. The van der Waals surface area contributed by atoms with E-state index < -0.39 is 58.1 Å². The highest BCUT2D eigenvalue weighted by Gasteiger charge is 2.72. The van der Waals surface area contributed by atoms with Gasteiger partial charge in [-0.05, 0) is 42.0 Å². The lowest BCUT2D eigenvalue weighted by atomic mass is 10.1. The Morgan fingerprint density at radius 3 is 2.00 bits per heavy atom. The van der Waals surface area contributed by atoms with Crippen molar-refractivity contribution < 1.29 is 40.3 Å². The van der Waals surface area contributed by atoms with Gasteiger partial charge in [-0.25, -0.2) is 0 Å². The topological polar surface area (TPSA) is 58.2 Å². The third-order valence-electron chi connectivity index (χ3n) is 5.34. The molecule has 2 aromatic carbocycles. The van der Waals surface area contributed by atoms with Gasteiger partial charge < -0.3 is 10.6 Å². The first-order chi connectivity index (χ1) is 16.8. The lowest BCUT2D eigenvalue weighted by Crippen LogP contribution is -2.56. The molecule has 0 heterocycles. The highest BCUT2D eigenvalue weighted by Crippen LogP contribution is 2.65. The van der Waals surface area contributed by atoms with Gasteiger partial charge in [0.1, 0.15) is 4.33 Å². The molecule has 0 aliphatic heterocycles. The number of amides is 2. The minimum absolute atomic E-state index is 0.106. The van der Waals surface area contributed by atoms with E-state index in [9.17, 15) is 40.3 Å². The monoisotopic (exact) mass is 632 g/mol. The fourth-order valence-electron chi connectivity index (χ4n) is 3.42. The van der Waals surface area contributed by atoms with Crippen molar-refractivity contribution in [1.82, 2.24) is 5.32 Å². The van der Waals surface area contributed by atoms with E-state index in [-0.39, 0.29) is 20.8 Å². The molecule has 2 N–H and O–H groups in total. The summed E-state index contributed by atoms with van der Waals surface area (Å²) in [5.41, 5.74) is -0.233. The molecule has 202 valence electrons. The Kier molecular flexibility index (Phi) is 8.20. The van der Waals surface area contributed by atoms with E-state index in [1.807, 2.05) is 0 Å². The summed E-state index contributed by atoms with van der Waals surface area (Å²) in [6.07, 6.45) is -6.56. The molecule has 4 nitrogen and oxygen atoms in total. The summed E-state index contributed by atoms with van der Waals surface area (Å²) in [7, 11) is 0. The van der Waals surface area contributed by atoms with Crippen molar-refractivity contribution in [2.24, 2.45) is 5.92 Å². The number of halogens is 12. The van der Waals surface area contributed by atoms with E-state index in [1.165, 1.54) is 29.6 Å². The Hall–Kier alpha value is -1.66. The maximum atomic E-state index is 13.5. The SMILES string of the molecule is O=C(NCC(F)(F)C(F)(F)C(F)(F)F)c1cc(NC(=O)C2C(c3cc(Cl)cc(Cl)c3)C2(Cl)Cl)ccc1Cl. The number of hydrogen-bond acceptors (Lipinski definition) is 2. The number of benzene rings is 2. The highest BCUT2D eigenvalue weighted by atomic mass is 35.5. The maximum absolute atomic E-state index is 13.5. The molecule has 2 atom stereocenters. The Morgan fingerprint density at radius 1 is 0.892 bits per heavy atom. The van der Waals surface area contributed by atoms with Crippen LogP contribution in [-0.2, 0) is 4.79 Å². The smallest absolute Gasteiger partial charge is 0.346 e. The summed E-state index contributed by atoms with van der Waals surface area (Å²) in [4.78, 5) is 25.0. The second-order valence-corrected chi connectivity index (χ2v) is 10.7. The van der Waals surface area contributed by atoms with Gasteiger partial charge in [0.15, 0.2) is 0 Å². The van der Waals surface area contributed by atoms with Crippen LogP contribution in [0, 0.1) is 5.92 Å². The van der Waals surface area contributed by atoms with Crippen LogP contribution in [0.1, 0.15) is 21.8 Å². The molecule has 2 amide bonds. The molecule has 37 heavy (non-hydrogen) atoms. The number of nitrogens with one attached hydrogen (secondary N) is 2. The molecule has 0 aromatic heterocycles. The summed E-state index contributed by atoms with van der Waals surface area (Å²) in [5, 5.41) is 3.86. The molecule has 1 aliphatic rings. The Labute approximate surface area is 229 Å². The van der Waals surface area contributed by atoms with Crippen molar-refractivity contribution in [3.63, 3.8) is 0 Å². The van der Waals surface area contributed by atoms with Gasteiger partial charge in [-0.2, -0.15) is 30.7 Å². The second-order valence-electron chi connectivity index (χ2n) is 7.98. The van der Waals surface area contributed by atoms with Crippen LogP contribution in [0.15, 0.2) is 36.4 Å². The number of hydrogen-bond donors (Lipinski definition) is 2. The van der Waals surface area contributed by atoms with Gasteiger partial charge in [0, 0.05) is 21.7 Å². The van der Waals surface area contributed by atoms with Crippen LogP contribution in [0.3, 0.4) is 0 Å². The quantitative estimate of drug-likeness (QED) is 0.242. The predicted molar refractivity (Wildman–Crippen MR) is 125 cm³/mol. The molecule has 0 spiro atoms. The van der Waals surface area contributed by atoms with Crippen molar-refractivity contribution in [3.8, 4) is 0 Å². The van der Waals surface area contributed by atoms with Gasteiger partial charge in [-0.15, -0.1) is 23.2 Å². The van der Waals surface area contributed by atoms with E-state index >= 15 is 0 Å². The van der Waals surface area contributed by atoms with Gasteiger partial charge in [-0.1, -0.05) is 34.8 Å². The summed E-state index contributed by atoms with van der Waals surface area (Å²) < 4.78 is 88.4. The van der Waals surface area contributed by atoms with Crippen LogP contribution >= 0.6 is 58.0 Å². The molecular weight excluding hydrogens is 622 g/mol. The first kappa shape index (κ1) is 29.9. The average molecular weight is 635 g/mol. The summed E-state index contributed by atoms with van der Waals surface area (Å²) >= 11 is 30.3. The van der Waals surface area contributed by atoms with E-state index in [0.717, 1.165) is 12.1 Å². The van der Waals surface area contributed by atoms with Gasteiger partial charge in [0.25, 0.3) is 5.91 Å². The van der Waals surface area contributed by atoms with E-state index in [2.05, 4.69) is 5.32 Å². The predicted octanol–water partition coefficient (Wildman–Crippen LogP) is 7.74. The summed E-state index contributed by atoms with van der Waals surface area (Å²) in [6, 6.07) is 7.63. The summed E-state index contributed by atoms with van der Waals surface area (Å²) in [6.45, 7) is -2.35. The number of rotatable bonds is 7. The van der Waals surface area contributed by atoms with Crippen LogP contribution in [-0.4, -0.2) is 40.7 Å². The fraction of sp³-hybridized carbons (Fsp3) is 0.333. The van der Waals surface area contributed by atoms with Crippen LogP contribution < -0.4 is 10.6 Å². The van der Waals surface area contributed by atoms with Gasteiger partial charge >= 0.3 is 18.0 Å². The van der Waals surface area contributed by atoms with Crippen LogP contribution in [0.5, 0.6) is 0 Å². The zero-order valence-electron chi connectivity index (χ0n) is 17.7. The molecule has 0 bridgehead atoms. The molecule has 3 rings (SSSR count). The van der Waals surface area contributed by atoms with Crippen LogP contribution in [0.25, 0.3) is 0 Å². The van der Waals surface area contributed by atoms with E-state index in [4.69, 9.17) is 58.0 Å². The van der Waals surface area contributed by atoms with E-state index in [1.54, 1.807) is 0 Å². The van der Waals surface area contributed by atoms with Crippen molar-refractivity contribution in [2.75, 3.05) is 11.9 Å². The zero-order chi connectivity index (χ0) is 28.1. The molecule has 2 aromatic rings. The lowest BCUT2D eigenvalue weighted by molar-refractivity contribution is -0.352. The van der Waals surface area contributed by atoms with Crippen molar-refractivity contribution in [2.45, 2.75) is 28.3 Å². The molecule has 2 unspecified atom stereocenters. The number of alkyl halides is 9. The Morgan fingerprint density at radius 2 is 1.46 bits per heavy atom. The molecule has 0 saturated heterocycles. The lowest BCUT2D eigenvalue weighted by Gasteiger charge is -2.28. The van der Waals surface area contributed by atoms with Crippen LogP contribution in [0.4, 0.5) is 36.4 Å². The highest BCUT2D eigenvalue weighted by molar-refractivity contribution is 6.53. The standard InChI is InChI=1S/C21H12Cl5F7N2O2/c22-9-3-8(4-10(23)5-9)14-15(19(14,25)26)17(37)35-11-1-2-13(24)12(6-11)16(36)34-7-18(27,28)20(29,30)21(31,32)33/h1-6,14-15H,7H2,(H,34,36)(H,35,37). The Bertz CT molecular complexity index is 1220. The largest absolute Gasteiger partial charge is 0.459 e. The third kappa shape index (κ3) is 6.00. The third-order valence-corrected chi connectivity index (χ3v) is 7.05. The number of anilines is 1. The molecular formula is C21H12Cl5F7N2O2. The van der Waals surface area contributed by atoms with Gasteiger partial charge in [0.2, 0.25) is 5.91 Å². The molecule has 16 heteroatoms. The molecule has 1 aliphatic carbocycles. The van der Waals surface area contributed by atoms with Gasteiger partial charge in [0.05, 0.1) is 23.0 Å². The zero-order valence-corrected chi connectivity index (χ0v) is 21.5. The van der Waals surface area contributed by atoms with Gasteiger partial charge in [-0.3, -0.25) is 9.59 Å². The number of carbonyl (C=O) groups is 2. The fourth-order valence-corrected chi connectivity index (χ4v) is 5.00. The average Bonchev–Trinajstić information content (AvgIpc) is 3.34. The second kappa shape index (κ2) is 10.1. The minimum Gasteiger partial charge on any atom is -0.346 e. The van der Waals surface area contributed by atoms with Crippen molar-refractivity contribution in [3.05, 3.63) is 62.6 Å². The first-order valence-electron chi connectivity index (χ1n) is 9.84.